The Morgan fingerprint density at radius 2 is 1.77 bits per heavy atom. The Morgan fingerprint density at radius 1 is 1.10 bits per heavy atom. The van der Waals surface area contributed by atoms with E-state index < -0.39 is 28.8 Å². The fraction of sp³-hybridized carbons (Fsp3) is 0.364. The van der Waals surface area contributed by atoms with Gasteiger partial charge in [-0.3, -0.25) is 9.59 Å². The van der Waals surface area contributed by atoms with Gasteiger partial charge in [-0.1, -0.05) is 18.2 Å². The second-order valence-corrected chi connectivity index (χ2v) is 8.89. The third kappa shape index (κ3) is 4.81. The second-order valence-electron chi connectivity index (χ2n) is 7.65. The number of hydrogen-bond donors (Lipinski definition) is 2. The van der Waals surface area contributed by atoms with E-state index in [4.69, 9.17) is 0 Å². The van der Waals surface area contributed by atoms with E-state index in [9.17, 15) is 22.8 Å². The van der Waals surface area contributed by atoms with E-state index in [-0.39, 0.29) is 35.3 Å². The highest BCUT2D eigenvalue weighted by Gasteiger charge is 2.33. The number of nitrogens with one attached hydrogen (secondary N) is 2. The molecule has 9 heteroatoms. The summed E-state index contributed by atoms with van der Waals surface area (Å²) >= 11 is 1.25. The van der Waals surface area contributed by atoms with E-state index in [0.29, 0.717) is 18.7 Å². The third-order valence-electron chi connectivity index (χ3n) is 5.46. The fourth-order valence-electron chi connectivity index (χ4n) is 3.86. The molecule has 2 aliphatic rings. The monoisotopic (exact) mass is 449 g/mol. The molecule has 2 fully saturated rings. The quantitative estimate of drug-likeness (QED) is 0.734. The summed E-state index contributed by atoms with van der Waals surface area (Å²) in [5.41, 5.74) is 0.353. The molecule has 2 atom stereocenters. The van der Waals surface area contributed by atoms with Crippen LogP contribution in [0.5, 0.6) is 0 Å². The molecule has 4 rings (SSSR count). The molecule has 2 heterocycles. The summed E-state index contributed by atoms with van der Waals surface area (Å²) in [6, 6.07) is 7.57. The Balaban J connectivity index is 1.37. The number of halogens is 3. The van der Waals surface area contributed by atoms with Gasteiger partial charge in [-0.25, -0.2) is 13.2 Å². The maximum atomic E-state index is 14.5. The van der Waals surface area contributed by atoms with Crippen molar-refractivity contribution >= 4 is 35.0 Å². The van der Waals surface area contributed by atoms with Gasteiger partial charge in [0.05, 0.1) is 5.25 Å². The lowest BCUT2D eigenvalue weighted by molar-refractivity contribution is -0.126. The highest BCUT2D eigenvalue weighted by atomic mass is 32.2. The van der Waals surface area contributed by atoms with Crippen LogP contribution in [0.1, 0.15) is 18.4 Å². The lowest BCUT2D eigenvalue weighted by atomic mass is 10.1. The highest BCUT2D eigenvalue weighted by Crippen LogP contribution is 2.30. The topological polar surface area (TPSA) is 61.4 Å². The number of anilines is 2. The van der Waals surface area contributed by atoms with Gasteiger partial charge in [0, 0.05) is 24.5 Å². The minimum atomic E-state index is -0.848. The summed E-state index contributed by atoms with van der Waals surface area (Å²) in [7, 11) is 0. The van der Waals surface area contributed by atoms with Crippen LogP contribution in [-0.4, -0.2) is 41.9 Å². The predicted molar refractivity (Wildman–Crippen MR) is 115 cm³/mol. The van der Waals surface area contributed by atoms with Gasteiger partial charge in [0.2, 0.25) is 11.8 Å². The average Bonchev–Trinajstić information content (AvgIpc) is 3.24. The first-order valence-corrected chi connectivity index (χ1v) is 11.2. The number of carbonyl (C=O) groups excluding carboxylic acids is 2. The lowest BCUT2D eigenvalue weighted by Crippen LogP contribution is -2.52. The van der Waals surface area contributed by atoms with Crippen molar-refractivity contribution in [1.29, 1.82) is 0 Å². The Hall–Kier alpha value is -2.68. The van der Waals surface area contributed by atoms with Gasteiger partial charge >= 0.3 is 0 Å². The summed E-state index contributed by atoms with van der Waals surface area (Å²) in [4.78, 5) is 26.6. The van der Waals surface area contributed by atoms with Crippen LogP contribution < -0.4 is 15.5 Å². The first-order valence-electron chi connectivity index (χ1n) is 10.1. The van der Waals surface area contributed by atoms with Crippen molar-refractivity contribution < 1.29 is 22.8 Å². The largest absolute Gasteiger partial charge is 0.367 e. The van der Waals surface area contributed by atoms with Gasteiger partial charge in [0.25, 0.3) is 0 Å². The van der Waals surface area contributed by atoms with Crippen molar-refractivity contribution in [2.75, 3.05) is 29.1 Å². The zero-order valence-electron chi connectivity index (χ0n) is 16.7. The van der Waals surface area contributed by atoms with Gasteiger partial charge in [0.15, 0.2) is 11.6 Å². The molecule has 2 aliphatic heterocycles. The number of nitrogens with zero attached hydrogens (tertiary/aromatic N) is 1. The molecule has 2 aromatic carbocycles. The maximum absolute atomic E-state index is 14.5. The van der Waals surface area contributed by atoms with Gasteiger partial charge in [-0.05, 0) is 43.0 Å². The zero-order chi connectivity index (χ0) is 22.0. The first kappa shape index (κ1) is 21.5. The molecular formula is C22H22F3N3O2S. The summed E-state index contributed by atoms with van der Waals surface area (Å²) in [5.74, 6) is -2.50. The van der Waals surface area contributed by atoms with Crippen molar-refractivity contribution in [3.05, 3.63) is 59.4 Å². The van der Waals surface area contributed by atoms with E-state index in [2.05, 4.69) is 10.6 Å². The second kappa shape index (κ2) is 9.21. The molecule has 31 heavy (non-hydrogen) atoms. The van der Waals surface area contributed by atoms with Gasteiger partial charge in [0.1, 0.15) is 17.5 Å². The van der Waals surface area contributed by atoms with E-state index in [1.807, 2.05) is 0 Å². The molecule has 2 saturated heterocycles. The Morgan fingerprint density at radius 3 is 2.42 bits per heavy atom. The molecule has 164 valence electrons. The lowest BCUT2D eigenvalue weighted by Gasteiger charge is -2.28. The van der Waals surface area contributed by atoms with Gasteiger partial charge in [-0.2, -0.15) is 0 Å². The van der Waals surface area contributed by atoms with Crippen molar-refractivity contribution in [3.63, 3.8) is 0 Å². The molecule has 2 amide bonds. The van der Waals surface area contributed by atoms with Crippen molar-refractivity contribution in [1.82, 2.24) is 5.32 Å². The number of rotatable bonds is 5. The molecule has 0 unspecified atom stereocenters. The van der Waals surface area contributed by atoms with Crippen LogP contribution in [0.4, 0.5) is 24.5 Å². The normalized spacial score (nSPS) is 21.1. The van der Waals surface area contributed by atoms with Crippen LogP contribution in [0, 0.1) is 17.5 Å². The molecule has 0 bridgehead atoms. The number of benzene rings is 2. The smallest absolute Gasteiger partial charge is 0.247 e. The number of thioether (sulfide) groups is 1. The number of amides is 2. The standard InChI is InChI=1S/C22H22F3N3O2S/c23-15-6-2-1-5-13(15)9-19-22(30)27-18(12-31-19)21(29)26-14-10-16(24)20(17(25)11-14)28-7-3-4-8-28/h1-2,5-6,10-11,18-19H,3-4,7-9,12H2,(H,26,29)(H,27,30)/t18-,19+/m0/s1. The summed E-state index contributed by atoms with van der Waals surface area (Å²) in [5, 5.41) is 4.58. The predicted octanol–water partition coefficient (Wildman–Crippen LogP) is 3.49. The molecule has 2 N–H and O–H groups in total. The molecule has 2 aromatic rings. The first-order chi connectivity index (χ1) is 14.9. The average molecular weight is 449 g/mol. The van der Waals surface area contributed by atoms with Crippen molar-refractivity contribution in [3.8, 4) is 0 Å². The highest BCUT2D eigenvalue weighted by molar-refractivity contribution is 8.00. The minimum absolute atomic E-state index is 0.00400. The summed E-state index contributed by atoms with van der Waals surface area (Å²) < 4.78 is 42.8. The molecule has 0 aliphatic carbocycles. The van der Waals surface area contributed by atoms with Crippen LogP contribution in [-0.2, 0) is 16.0 Å². The van der Waals surface area contributed by atoms with Crippen molar-refractivity contribution in [2.24, 2.45) is 0 Å². The Kier molecular flexibility index (Phi) is 6.41. The van der Waals surface area contributed by atoms with Crippen LogP contribution >= 0.6 is 11.8 Å². The summed E-state index contributed by atoms with van der Waals surface area (Å²) in [6.45, 7) is 1.19. The third-order valence-corrected chi connectivity index (χ3v) is 6.77. The molecule has 0 aromatic heterocycles. The van der Waals surface area contributed by atoms with E-state index in [1.165, 1.54) is 17.8 Å². The van der Waals surface area contributed by atoms with Crippen LogP contribution in [0.3, 0.4) is 0 Å². The Bertz CT molecular complexity index is 975. The molecule has 0 saturated carbocycles. The van der Waals surface area contributed by atoms with Gasteiger partial charge < -0.3 is 15.5 Å². The Labute approximate surface area is 182 Å². The fourth-order valence-corrected chi connectivity index (χ4v) is 5.04. The van der Waals surface area contributed by atoms with E-state index >= 15 is 0 Å². The van der Waals surface area contributed by atoms with E-state index in [1.54, 1.807) is 23.1 Å². The maximum Gasteiger partial charge on any atom is 0.247 e. The molecule has 5 nitrogen and oxygen atoms in total. The molecule has 0 radical (unpaired) electrons. The molecular weight excluding hydrogens is 427 g/mol. The van der Waals surface area contributed by atoms with Crippen LogP contribution in [0.2, 0.25) is 0 Å². The SMILES string of the molecule is O=C(Nc1cc(F)c(N2CCCC2)c(F)c1)[C@@H]1CS[C@H](Cc2ccccc2F)C(=O)N1. The number of hydrogen-bond acceptors (Lipinski definition) is 4. The van der Waals surface area contributed by atoms with Crippen LogP contribution in [0.15, 0.2) is 36.4 Å². The van der Waals surface area contributed by atoms with Crippen LogP contribution in [0.25, 0.3) is 0 Å². The minimum Gasteiger partial charge on any atom is -0.367 e. The summed E-state index contributed by atoms with van der Waals surface area (Å²) in [6.07, 6.45) is 1.98. The van der Waals surface area contributed by atoms with Crippen molar-refractivity contribution in [2.45, 2.75) is 30.6 Å². The van der Waals surface area contributed by atoms with Gasteiger partial charge in [-0.15, -0.1) is 11.8 Å². The number of carbonyl (C=O) groups is 2. The zero-order valence-corrected chi connectivity index (χ0v) is 17.5. The van der Waals surface area contributed by atoms with E-state index in [0.717, 1.165) is 25.0 Å². The molecule has 0 spiro atoms.